The minimum Gasteiger partial charge on any atom is -0.464 e. The SMILES string of the molecule is COC(=O)c1cc(S(=O)(=O)Nc2cccc(C(F)(F)F)c2)c[nH]1. The molecule has 0 unspecified atom stereocenters. The molecule has 0 amide bonds. The predicted octanol–water partition coefficient (Wildman–Crippen LogP) is 2.62. The summed E-state index contributed by atoms with van der Waals surface area (Å²) >= 11 is 0. The predicted molar refractivity (Wildman–Crippen MR) is 74.4 cm³/mol. The number of nitrogens with one attached hydrogen (secondary N) is 2. The van der Waals surface area contributed by atoms with E-state index in [9.17, 15) is 26.4 Å². The Kier molecular flexibility index (Phi) is 4.37. The molecule has 23 heavy (non-hydrogen) atoms. The van der Waals surface area contributed by atoms with E-state index < -0.39 is 27.7 Å². The van der Waals surface area contributed by atoms with E-state index in [2.05, 4.69) is 9.72 Å². The highest BCUT2D eigenvalue weighted by Gasteiger charge is 2.30. The number of hydrogen-bond acceptors (Lipinski definition) is 4. The minimum absolute atomic E-state index is 0.100. The number of aromatic nitrogens is 1. The molecule has 2 aromatic rings. The van der Waals surface area contributed by atoms with Crippen molar-refractivity contribution in [2.75, 3.05) is 11.8 Å². The number of benzene rings is 1. The van der Waals surface area contributed by atoms with Crippen molar-refractivity contribution < 1.29 is 31.1 Å². The summed E-state index contributed by atoms with van der Waals surface area (Å²) in [5, 5.41) is 0. The van der Waals surface area contributed by atoms with Gasteiger partial charge in [-0.1, -0.05) is 6.07 Å². The van der Waals surface area contributed by atoms with Crippen LogP contribution in [0.2, 0.25) is 0 Å². The van der Waals surface area contributed by atoms with Crippen molar-refractivity contribution in [3.05, 3.63) is 47.8 Å². The van der Waals surface area contributed by atoms with Gasteiger partial charge in [0.1, 0.15) is 10.6 Å². The van der Waals surface area contributed by atoms with Crippen molar-refractivity contribution in [3.63, 3.8) is 0 Å². The van der Waals surface area contributed by atoms with Crippen molar-refractivity contribution in [2.45, 2.75) is 11.1 Å². The Bertz CT molecular complexity index is 828. The average Bonchev–Trinajstić information content (AvgIpc) is 2.96. The Hall–Kier alpha value is -2.49. The Labute approximate surface area is 129 Å². The molecule has 0 radical (unpaired) electrons. The number of anilines is 1. The van der Waals surface area contributed by atoms with E-state index in [1.807, 2.05) is 4.72 Å². The lowest BCUT2D eigenvalue weighted by Crippen LogP contribution is -2.13. The zero-order chi connectivity index (χ0) is 17.3. The van der Waals surface area contributed by atoms with Gasteiger partial charge < -0.3 is 9.72 Å². The van der Waals surface area contributed by atoms with Crippen molar-refractivity contribution in [1.29, 1.82) is 0 Å². The van der Waals surface area contributed by atoms with Crippen LogP contribution in [0.5, 0.6) is 0 Å². The van der Waals surface area contributed by atoms with E-state index in [1.54, 1.807) is 0 Å². The fraction of sp³-hybridized carbons (Fsp3) is 0.154. The van der Waals surface area contributed by atoms with Crippen molar-refractivity contribution in [2.24, 2.45) is 0 Å². The third-order valence-corrected chi connectivity index (χ3v) is 4.17. The van der Waals surface area contributed by atoms with E-state index in [1.165, 1.54) is 6.07 Å². The highest BCUT2D eigenvalue weighted by Crippen LogP contribution is 2.31. The quantitative estimate of drug-likeness (QED) is 0.832. The summed E-state index contributed by atoms with van der Waals surface area (Å²) in [5.41, 5.74) is -1.33. The monoisotopic (exact) mass is 348 g/mol. The molecule has 0 bridgehead atoms. The number of halogens is 3. The maximum atomic E-state index is 12.6. The summed E-state index contributed by atoms with van der Waals surface area (Å²) in [5.74, 6) is -0.773. The number of alkyl halides is 3. The lowest BCUT2D eigenvalue weighted by molar-refractivity contribution is -0.137. The van der Waals surface area contributed by atoms with Crippen LogP contribution in [-0.2, 0) is 20.9 Å². The fourth-order valence-corrected chi connectivity index (χ4v) is 2.77. The summed E-state index contributed by atoms with van der Waals surface area (Å²) in [4.78, 5) is 13.4. The number of methoxy groups -OCH3 is 1. The van der Waals surface area contributed by atoms with Crippen LogP contribution in [0, 0.1) is 0 Å². The minimum atomic E-state index is -4.59. The summed E-state index contributed by atoms with van der Waals surface area (Å²) in [6.07, 6.45) is -3.56. The fourth-order valence-electron chi connectivity index (χ4n) is 1.73. The summed E-state index contributed by atoms with van der Waals surface area (Å²) < 4.78 is 68.5. The van der Waals surface area contributed by atoms with Gasteiger partial charge in [-0.2, -0.15) is 13.2 Å². The van der Waals surface area contributed by atoms with Gasteiger partial charge in [0.25, 0.3) is 10.0 Å². The molecule has 2 N–H and O–H groups in total. The topological polar surface area (TPSA) is 88.3 Å². The van der Waals surface area contributed by atoms with Gasteiger partial charge in [-0.05, 0) is 24.3 Å². The Balaban J connectivity index is 2.28. The Morgan fingerprint density at radius 3 is 2.57 bits per heavy atom. The van der Waals surface area contributed by atoms with Gasteiger partial charge in [0.15, 0.2) is 0 Å². The van der Waals surface area contributed by atoms with Crippen LogP contribution in [-0.4, -0.2) is 26.5 Å². The molecule has 10 heteroatoms. The number of carbonyl (C=O) groups is 1. The summed E-state index contributed by atoms with van der Waals surface area (Å²) in [6.45, 7) is 0. The van der Waals surface area contributed by atoms with Crippen LogP contribution in [0.4, 0.5) is 18.9 Å². The second kappa shape index (κ2) is 5.95. The first-order valence-electron chi connectivity index (χ1n) is 6.10. The van der Waals surface area contributed by atoms with Crippen LogP contribution in [0.25, 0.3) is 0 Å². The number of rotatable bonds is 4. The molecule has 0 atom stereocenters. The molecular formula is C13H11F3N2O4S. The molecule has 0 saturated heterocycles. The molecule has 2 rings (SSSR count). The molecule has 124 valence electrons. The maximum absolute atomic E-state index is 12.6. The third kappa shape index (κ3) is 3.83. The highest BCUT2D eigenvalue weighted by molar-refractivity contribution is 7.92. The first kappa shape index (κ1) is 16.9. The average molecular weight is 348 g/mol. The highest BCUT2D eigenvalue weighted by atomic mass is 32.2. The van der Waals surface area contributed by atoms with Crippen molar-refractivity contribution in [3.8, 4) is 0 Å². The van der Waals surface area contributed by atoms with Gasteiger partial charge in [0.2, 0.25) is 0 Å². The second-order valence-corrected chi connectivity index (χ2v) is 6.11. The zero-order valence-electron chi connectivity index (χ0n) is 11.6. The smallest absolute Gasteiger partial charge is 0.416 e. The van der Waals surface area contributed by atoms with Crippen LogP contribution >= 0.6 is 0 Å². The van der Waals surface area contributed by atoms with E-state index in [4.69, 9.17) is 0 Å². The molecule has 0 saturated carbocycles. The van der Waals surface area contributed by atoms with Gasteiger partial charge in [-0.3, -0.25) is 4.72 Å². The van der Waals surface area contributed by atoms with E-state index >= 15 is 0 Å². The van der Waals surface area contributed by atoms with E-state index in [0.29, 0.717) is 6.07 Å². The third-order valence-electron chi connectivity index (χ3n) is 2.81. The molecule has 0 aliphatic heterocycles. The molecule has 1 heterocycles. The molecular weight excluding hydrogens is 337 g/mol. The van der Waals surface area contributed by atoms with E-state index in [-0.39, 0.29) is 16.3 Å². The first-order valence-corrected chi connectivity index (χ1v) is 7.58. The lowest BCUT2D eigenvalue weighted by atomic mass is 10.2. The van der Waals surface area contributed by atoms with Crippen LogP contribution in [0.1, 0.15) is 16.1 Å². The second-order valence-electron chi connectivity index (χ2n) is 4.42. The number of carbonyl (C=O) groups excluding carboxylic acids is 1. The van der Waals surface area contributed by atoms with Gasteiger partial charge in [0, 0.05) is 11.9 Å². The summed E-state index contributed by atoms with van der Waals surface area (Å²) in [7, 11) is -3.03. The van der Waals surface area contributed by atoms with E-state index in [0.717, 1.165) is 31.5 Å². The number of sulfonamides is 1. The van der Waals surface area contributed by atoms with Crippen LogP contribution < -0.4 is 4.72 Å². The lowest BCUT2D eigenvalue weighted by Gasteiger charge is -2.10. The molecule has 0 aliphatic rings. The van der Waals surface area contributed by atoms with Crippen LogP contribution in [0.3, 0.4) is 0 Å². The first-order chi connectivity index (χ1) is 10.6. The Morgan fingerprint density at radius 2 is 1.96 bits per heavy atom. The van der Waals surface area contributed by atoms with Gasteiger partial charge in [-0.25, -0.2) is 13.2 Å². The number of H-pyrrole nitrogens is 1. The van der Waals surface area contributed by atoms with Crippen molar-refractivity contribution in [1.82, 2.24) is 4.98 Å². The van der Waals surface area contributed by atoms with Crippen molar-refractivity contribution >= 4 is 21.7 Å². The number of esters is 1. The molecule has 0 aliphatic carbocycles. The normalized spacial score (nSPS) is 12.0. The summed E-state index contributed by atoms with van der Waals surface area (Å²) in [6, 6.07) is 4.77. The standard InChI is InChI=1S/C13H11F3N2O4S/c1-22-12(19)11-6-10(7-17-11)23(20,21)18-9-4-2-3-8(5-9)13(14,15)16/h2-7,17-18H,1H3. The molecule has 0 spiro atoms. The number of hydrogen-bond donors (Lipinski definition) is 2. The van der Waals surface area contributed by atoms with Crippen LogP contribution in [0.15, 0.2) is 41.4 Å². The molecule has 6 nitrogen and oxygen atoms in total. The zero-order valence-corrected chi connectivity index (χ0v) is 12.5. The number of aromatic amines is 1. The molecule has 0 fully saturated rings. The molecule has 1 aromatic heterocycles. The van der Waals surface area contributed by atoms with Gasteiger partial charge in [0.05, 0.1) is 12.7 Å². The van der Waals surface area contributed by atoms with Gasteiger partial charge in [-0.15, -0.1) is 0 Å². The largest absolute Gasteiger partial charge is 0.464 e. The maximum Gasteiger partial charge on any atom is 0.416 e. The Morgan fingerprint density at radius 1 is 1.26 bits per heavy atom. The van der Waals surface area contributed by atoms with Gasteiger partial charge >= 0.3 is 12.1 Å². The number of ether oxygens (including phenoxy) is 1. The molecule has 1 aromatic carbocycles.